The van der Waals surface area contributed by atoms with E-state index in [0.29, 0.717) is 5.58 Å². The van der Waals surface area contributed by atoms with Crippen molar-refractivity contribution in [2.24, 2.45) is 0 Å². The number of anilines is 1. The summed E-state index contributed by atoms with van der Waals surface area (Å²) in [5.74, 6) is -0.345. The number of hydrogen-bond acceptors (Lipinski definition) is 3. The third kappa shape index (κ3) is 2.75. The van der Waals surface area contributed by atoms with E-state index in [1.807, 2.05) is 68.4 Å². The molecule has 1 amide bonds. The Hall–Kier alpha value is -3.40. The molecule has 0 saturated heterocycles. The summed E-state index contributed by atoms with van der Waals surface area (Å²) in [4.78, 5) is 12.8. The van der Waals surface area contributed by atoms with Gasteiger partial charge in [-0.15, -0.1) is 0 Å². The molecule has 4 heteroatoms. The molecule has 0 aliphatic heterocycles. The Morgan fingerprint density at radius 2 is 1.77 bits per heavy atom. The van der Waals surface area contributed by atoms with Crippen molar-refractivity contribution < 1.29 is 9.21 Å². The van der Waals surface area contributed by atoms with Crippen LogP contribution in [0.5, 0.6) is 0 Å². The minimum Gasteiger partial charge on any atom is -0.438 e. The second-order valence-corrected chi connectivity index (χ2v) is 6.46. The highest BCUT2D eigenvalue weighted by Crippen LogP contribution is 2.25. The van der Waals surface area contributed by atoms with Gasteiger partial charge in [0.05, 0.1) is 0 Å². The lowest BCUT2D eigenvalue weighted by Gasteiger charge is -2.10. The molecule has 3 aromatic carbocycles. The molecule has 0 unspecified atom stereocenters. The summed E-state index contributed by atoms with van der Waals surface area (Å²) in [6, 6.07) is 19.3. The summed E-state index contributed by atoms with van der Waals surface area (Å²) < 4.78 is 5.62. The average Bonchev–Trinajstić information content (AvgIpc) is 2.64. The molecule has 0 fully saturated rings. The van der Waals surface area contributed by atoms with Gasteiger partial charge in [-0.25, -0.2) is 0 Å². The molecule has 0 spiro atoms. The van der Waals surface area contributed by atoms with Crippen LogP contribution in [-0.2, 0) is 0 Å². The van der Waals surface area contributed by atoms with Crippen molar-refractivity contribution in [3.05, 3.63) is 82.9 Å². The van der Waals surface area contributed by atoms with Crippen LogP contribution in [0.2, 0.25) is 0 Å². The molecule has 0 saturated carbocycles. The van der Waals surface area contributed by atoms with E-state index >= 15 is 0 Å². The van der Waals surface area contributed by atoms with Crippen molar-refractivity contribution in [3.8, 4) is 0 Å². The number of carbonyl (C=O) groups excluding carboxylic acids is 1. The Balaban J connectivity index is 1.84. The molecule has 26 heavy (non-hydrogen) atoms. The fourth-order valence-electron chi connectivity index (χ4n) is 3.12. The molecule has 1 heterocycles. The molecule has 0 aliphatic rings. The second-order valence-electron chi connectivity index (χ2n) is 6.46. The van der Waals surface area contributed by atoms with Gasteiger partial charge in [-0.05, 0) is 53.9 Å². The zero-order valence-corrected chi connectivity index (χ0v) is 14.6. The van der Waals surface area contributed by atoms with Gasteiger partial charge in [-0.2, -0.15) is 0 Å². The smallest absolute Gasteiger partial charge is 0.261 e. The predicted octanol–water partition coefficient (Wildman–Crippen LogP) is 4.93. The second kappa shape index (κ2) is 6.15. The highest BCUT2D eigenvalue weighted by molar-refractivity contribution is 6.10. The molecule has 0 atom stereocenters. The molecule has 128 valence electrons. The van der Waals surface area contributed by atoms with Crippen LogP contribution in [0.1, 0.15) is 21.5 Å². The zero-order chi connectivity index (χ0) is 18.3. The Labute approximate surface area is 150 Å². The van der Waals surface area contributed by atoms with E-state index in [4.69, 9.17) is 9.83 Å². The summed E-state index contributed by atoms with van der Waals surface area (Å²) in [6.45, 7) is 3.91. The summed E-state index contributed by atoms with van der Waals surface area (Å²) in [5.41, 5.74) is 3.44. The first-order chi connectivity index (χ1) is 12.5. The fourth-order valence-corrected chi connectivity index (χ4v) is 3.12. The number of nitrogens with one attached hydrogen (secondary N) is 2. The first-order valence-corrected chi connectivity index (χ1v) is 8.42. The first-order valence-electron chi connectivity index (χ1n) is 8.42. The molecule has 0 aliphatic carbocycles. The van der Waals surface area contributed by atoms with Crippen LogP contribution in [0.25, 0.3) is 21.7 Å². The van der Waals surface area contributed by atoms with Crippen LogP contribution in [-0.4, -0.2) is 5.91 Å². The molecular formula is C22H18N2O2. The molecule has 2 N–H and O–H groups in total. The van der Waals surface area contributed by atoms with E-state index in [-0.39, 0.29) is 17.0 Å². The van der Waals surface area contributed by atoms with E-state index in [1.54, 1.807) is 6.07 Å². The van der Waals surface area contributed by atoms with E-state index < -0.39 is 0 Å². The third-order valence-electron chi connectivity index (χ3n) is 4.56. The van der Waals surface area contributed by atoms with Crippen LogP contribution in [0.3, 0.4) is 0 Å². The summed E-state index contributed by atoms with van der Waals surface area (Å²) >= 11 is 0. The lowest BCUT2D eigenvalue weighted by molar-refractivity contribution is 0.102. The van der Waals surface area contributed by atoms with E-state index in [2.05, 4.69) is 5.32 Å². The quantitative estimate of drug-likeness (QED) is 0.507. The molecule has 0 bridgehead atoms. The maximum absolute atomic E-state index is 12.8. The minimum atomic E-state index is -0.345. The monoisotopic (exact) mass is 342 g/mol. The van der Waals surface area contributed by atoms with Crippen molar-refractivity contribution in [2.45, 2.75) is 13.8 Å². The summed E-state index contributed by atoms with van der Waals surface area (Å²) in [6.07, 6.45) is 0. The normalized spacial score (nSPS) is 11.0. The fraction of sp³-hybridized carbons (Fsp3) is 0.0909. The van der Waals surface area contributed by atoms with Gasteiger partial charge < -0.3 is 9.73 Å². The van der Waals surface area contributed by atoms with Crippen LogP contribution >= 0.6 is 0 Å². The van der Waals surface area contributed by atoms with Crippen molar-refractivity contribution in [3.63, 3.8) is 0 Å². The Kier molecular flexibility index (Phi) is 3.81. The van der Waals surface area contributed by atoms with Gasteiger partial charge in [0.1, 0.15) is 11.1 Å². The van der Waals surface area contributed by atoms with Gasteiger partial charge in [0, 0.05) is 11.1 Å². The first kappa shape index (κ1) is 16.1. The van der Waals surface area contributed by atoms with Gasteiger partial charge >= 0.3 is 0 Å². The molecule has 4 aromatic rings. The zero-order valence-electron chi connectivity index (χ0n) is 14.6. The SMILES string of the molecule is Cc1ccc(C)c(NC(=O)c2cc3c(ccc4ccccc43)oc2=N)c1. The number of rotatable bonds is 2. The number of carbonyl (C=O) groups is 1. The lowest BCUT2D eigenvalue weighted by atomic mass is 10.0. The van der Waals surface area contributed by atoms with Crippen molar-refractivity contribution in [1.82, 2.24) is 0 Å². The largest absolute Gasteiger partial charge is 0.438 e. The summed E-state index contributed by atoms with van der Waals surface area (Å²) in [5, 5.41) is 13.9. The van der Waals surface area contributed by atoms with Crippen molar-refractivity contribution >= 4 is 33.3 Å². The van der Waals surface area contributed by atoms with Crippen molar-refractivity contribution in [1.29, 1.82) is 5.41 Å². The molecule has 1 aromatic heterocycles. The molecule has 4 rings (SSSR count). The Morgan fingerprint density at radius 3 is 2.62 bits per heavy atom. The highest BCUT2D eigenvalue weighted by Gasteiger charge is 2.14. The maximum Gasteiger partial charge on any atom is 0.261 e. The number of fused-ring (bicyclic) bond motifs is 3. The Morgan fingerprint density at radius 1 is 0.962 bits per heavy atom. The lowest BCUT2D eigenvalue weighted by Crippen LogP contribution is -2.21. The molecule has 4 nitrogen and oxygen atoms in total. The number of hydrogen-bond donors (Lipinski definition) is 2. The predicted molar refractivity (Wildman–Crippen MR) is 103 cm³/mol. The van der Waals surface area contributed by atoms with Gasteiger partial charge in [0.2, 0.25) is 5.55 Å². The third-order valence-corrected chi connectivity index (χ3v) is 4.56. The summed E-state index contributed by atoms with van der Waals surface area (Å²) in [7, 11) is 0. The topological polar surface area (TPSA) is 66.1 Å². The van der Waals surface area contributed by atoms with Gasteiger partial charge in [0.15, 0.2) is 0 Å². The van der Waals surface area contributed by atoms with E-state index in [9.17, 15) is 4.79 Å². The van der Waals surface area contributed by atoms with Crippen LogP contribution in [0.4, 0.5) is 5.69 Å². The van der Waals surface area contributed by atoms with Gasteiger partial charge in [0.25, 0.3) is 5.91 Å². The van der Waals surface area contributed by atoms with Crippen LogP contribution in [0, 0.1) is 19.3 Å². The molecular weight excluding hydrogens is 324 g/mol. The van der Waals surface area contributed by atoms with Crippen LogP contribution < -0.4 is 10.9 Å². The maximum atomic E-state index is 12.8. The van der Waals surface area contributed by atoms with Gasteiger partial charge in [-0.3, -0.25) is 10.2 Å². The highest BCUT2D eigenvalue weighted by atomic mass is 16.3. The van der Waals surface area contributed by atoms with E-state index in [0.717, 1.165) is 33.0 Å². The van der Waals surface area contributed by atoms with Crippen molar-refractivity contribution in [2.75, 3.05) is 5.32 Å². The molecule has 0 radical (unpaired) electrons. The average molecular weight is 342 g/mol. The minimum absolute atomic E-state index is 0.143. The Bertz CT molecular complexity index is 1220. The number of benzene rings is 3. The van der Waals surface area contributed by atoms with Crippen LogP contribution in [0.15, 0.2) is 65.1 Å². The number of amides is 1. The standard InChI is InChI=1S/C22H18N2O2/c1-13-7-8-14(2)19(11-13)24-22(25)18-12-17-16-6-4-3-5-15(16)9-10-20(17)26-21(18)23/h3-12,23H,1-2H3,(H,24,25). The van der Waals surface area contributed by atoms with E-state index in [1.165, 1.54) is 0 Å². The van der Waals surface area contributed by atoms with Gasteiger partial charge in [-0.1, -0.05) is 42.5 Å². The number of aryl methyl sites for hydroxylation is 2.